The monoisotopic (exact) mass is 230 g/mol. The third-order valence-electron chi connectivity index (χ3n) is 2.46. The molecule has 4 heteroatoms. The molecule has 0 saturated carbocycles. The number of alkyl halides is 3. The molecular formula is C12H13F3O. The van der Waals surface area contributed by atoms with Crippen LogP contribution in [0.4, 0.5) is 13.2 Å². The number of carbonyl (C=O) groups is 1. The predicted molar refractivity (Wildman–Crippen MR) is 55.5 cm³/mol. The fourth-order valence-electron chi connectivity index (χ4n) is 1.31. The Labute approximate surface area is 92.3 Å². The fraction of sp³-hybridized carbons (Fsp3) is 0.417. The van der Waals surface area contributed by atoms with Gasteiger partial charge in [-0.2, -0.15) is 13.2 Å². The second-order valence-electron chi connectivity index (χ2n) is 3.84. The van der Waals surface area contributed by atoms with E-state index in [1.165, 1.54) is 0 Å². The van der Waals surface area contributed by atoms with Crippen molar-refractivity contribution < 1.29 is 18.0 Å². The first kappa shape index (κ1) is 12.7. The van der Waals surface area contributed by atoms with Crippen LogP contribution < -0.4 is 0 Å². The first-order valence-corrected chi connectivity index (χ1v) is 4.97. The largest absolute Gasteiger partial charge is 0.389 e. The van der Waals surface area contributed by atoms with E-state index < -0.39 is 24.8 Å². The molecule has 1 nitrogen and oxygen atoms in total. The number of benzene rings is 1. The van der Waals surface area contributed by atoms with Gasteiger partial charge in [-0.1, -0.05) is 12.1 Å². The van der Waals surface area contributed by atoms with E-state index >= 15 is 0 Å². The summed E-state index contributed by atoms with van der Waals surface area (Å²) in [5.41, 5.74) is 2.29. The highest BCUT2D eigenvalue weighted by Gasteiger charge is 2.28. The Bertz CT molecular complexity index is 394. The minimum Gasteiger partial charge on any atom is -0.294 e. The van der Waals surface area contributed by atoms with Gasteiger partial charge in [0.15, 0.2) is 5.78 Å². The van der Waals surface area contributed by atoms with E-state index in [0.29, 0.717) is 5.56 Å². The Hall–Kier alpha value is -1.32. The maximum atomic E-state index is 11.9. The fourth-order valence-corrected chi connectivity index (χ4v) is 1.31. The van der Waals surface area contributed by atoms with Gasteiger partial charge in [-0.25, -0.2) is 0 Å². The first-order chi connectivity index (χ1) is 7.29. The number of Topliss-reactive ketones (excluding diaryl/α,β-unsaturated/α-hetero) is 1. The summed E-state index contributed by atoms with van der Waals surface area (Å²) in [5, 5.41) is 0. The zero-order valence-corrected chi connectivity index (χ0v) is 9.19. The summed E-state index contributed by atoms with van der Waals surface area (Å²) in [6, 6.07) is 4.95. The van der Waals surface area contributed by atoms with Crippen molar-refractivity contribution in [2.24, 2.45) is 0 Å². The maximum Gasteiger partial charge on any atom is 0.389 e. The zero-order chi connectivity index (χ0) is 12.3. The molecule has 0 fully saturated rings. The smallest absolute Gasteiger partial charge is 0.294 e. The van der Waals surface area contributed by atoms with Crippen LogP contribution in [0, 0.1) is 13.8 Å². The highest BCUT2D eigenvalue weighted by molar-refractivity contribution is 5.96. The Morgan fingerprint density at radius 1 is 1.19 bits per heavy atom. The Morgan fingerprint density at radius 2 is 1.81 bits per heavy atom. The molecule has 0 aliphatic carbocycles. The molecule has 0 radical (unpaired) electrons. The quantitative estimate of drug-likeness (QED) is 0.721. The van der Waals surface area contributed by atoms with Gasteiger partial charge < -0.3 is 0 Å². The SMILES string of the molecule is Cc1ccc(C(=O)CCC(F)(F)F)cc1C. The molecule has 0 atom stereocenters. The molecule has 0 heterocycles. The minimum absolute atomic E-state index is 0.354. The molecule has 0 saturated heterocycles. The van der Waals surface area contributed by atoms with Gasteiger partial charge in [0.1, 0.15) is 0 Å². The van der Waals surface area contributed by atoms with E-state index in [1.54, 1.807) is 18.2 Å². The van der Waals surface area contributed by atoms with Gasteiger partial charge in [0.05, 0.1) is 6.42 Å². The van der Waals surface area contributed by atoms with Crippen LogP contribution in [-0.4, -0.2) is 12.0 Å². The lowest BCUT2D eigenvalue weighted by atomic mass is 10.0. The second-order valence-corrected chi connectivity index (χ2v) is 3.84. The number of aryl methyl sites for hydroxylation is 2. The van der Waals surface area contributed by atoms with Crippen molar-refractivity contribution in [2.75, 3.05) is 0 Å². The van der Waals surface area contributed by atoms with E-state index in [9.17, 15) is 18.0 Å². The van der Waals surface area contributed by atoms with Gasteiger partial charge in [-0.3, -0.25) is 4.79 Å². The maximum absolute atomic E-state index is 11.9. The van der Waals surface area contributed by atoms with E-state index in [0.717, 1.165) is 11.1 Å². The summed E-state index contributed by atoms with van der Waals surface area (Å²) in [6.07, 6.45) is -5.81. The highest BCUT2D eigenvalue weighted by atomic mass is 19.4. The molecule has 0 aliphatic heterocycles. The summed E-state index contributed by atoms with van der Waals surface area (Å²) < 4.78 is 35.8. The number of halogens is 3. The van der Waals surface area contributed by atoms with Crippen LogP contribution in [0.15, 0.2) is 18.2 Å². The zero-order valence-electron chi connectivity index (χ0n) is 9.19. The average Bonchev–Trinajstić information content (AvgIpc) is 2.17. The molecule has 0 unspecified atom stereocenters. The summed E-state index contributed by atoms with van der Waals surface area (Å²) in [7, 11) is 0. The van der Waals surface area contributed by atoms with E-state index in [-0.39, 0.29) is 0 Å². The van der Waals surface area contributed by atoms with Crippen LogP contribution in [0.1, 0.15) is 34.3 Å². The second kappa shape index (κ2) is 4.68. The van der Waals surface area contributed by atoms with Crippen LogP contribution in [-0.2, 0) is 0 Å². The normalized spacial score (nSPS) is 11.6. The molecule has 1 rings (SSSR count). The number of ketones is 1. The lowest BCUT2D eigenvalue weighted by Crippen LogP contribution is -2.11. The number of hydrogen-bond donors (Lipinski definition) is 0. The van der Waals surface area contributed by atoms with Crippen LogP contribution in [0.5, 0.6) is 0 Å². The highest BCUT2D eigenvalue weighted by Crippen LogP contribution is 2.23. The minimum atomic E-state index is -4.27. The van der Waals surface area contributed by atoms with Gasteiger partial charge in [0.25, 0.3) is 0 Å². The third kappa shape index (κ3) is 3.68. The number of carbonyl (C=O) groups excluding carboxylic acids is 1. The van der Waals surface area contributed by atoms with Gasteiger partial charge in [-0.15, -0.1) is 0 Å². The van der Waals surface area contributed by atoms with Crippen molar-refractivity contribution >= 4 is 5.78 Å². The van der Waals surface area contributed by atoms with Crippen LogP contribution in [0.25, 0.3) is 0 Å². The molecule has 0 aromatic heterocycles. The standard InChI is InChI=1S/C12H13F3O/c1-8-3-4-10(7-9(8)2)11(16)5-6-12(13,14)15/h3-4,7H,5-6H2,1-2H3. The topological polar surface area (TPSA) is 17.1 Å². The van der Waals surface area contributed by atoms with Gasteiger partial charge in [0, 0.05) is 12.0 Å². The molecule has 0 N–H and O–H groups in total. The Morgan fingerprint density at radius 3 is 2.31 bits per heavy atom. The van der Waals surface area contributed by atoms with Crippen molar-refractivity contribution in [1.29, 1.82) is 0 Å². The number of rotatable bonds is 3. The Balaban J connectivity index is 2.70. The first-order valence-electron chi connectivity index (χ1n) is 4.97. The summed E-state index contributed by atoms with van der Waals surface area (Å²) in [6.45, 7) is 3.72. The van der Waals surface area contributed by atoms with Gasteiger partial charge >= 0.3 is 6.18 Å². The average molecular weight is 230 g/mol. The Kier molecular flexibility index (Phi) is 3.73. The molecule has 88 valence electrons. The van der Waals surface area contributed by atoms with E-state index in [1.807, 2.05) is 13.8 Å². The summed E-state index contributed by atoms with van der Waals surface area (Å²) in [4.78, 5) is 11.5. The summed E-state index contributed by atoms with van der Waals surface area (Å²) in [5.74, 6) is -0.458. The van der Waals surface area contributed by atoms with Crippen LogP contribution in [0.3, 0.4) is 0 Å². The lowest BCUT2D eigenvalue weighted by Gasteiger charge is -2.06. The summed E-state index contributed by atoms with van der Waals surface area (Å²) >= 11 is 0. The molecule has 0 aliphatic rings. The van der Waals surface area contributed by atoms with Gasteiger partial charge in [-0.05, 0) is 31.0 Å². The van der Waals surface area contributed by atoms with Crippen LogP contribution >= 0.6 is 0 Å². The molecule has 0 amide bonds. The van der Waals surface area contributed by atoms with Crippen molar-refractivity contribution in [3.63, 3.8) is 0 Å². The van der Waals surface area contributed by atoms with Crippen molar-refractivity contribution in [1.82, 2.24) is 0 Å². The lowest BCUT2D eigenvalue weighted by molar-refractivity contribution is -0.133. The molecule has 0 spiro atoms. The van der Waals surface area contributed by atoms with Crippen molar-refractivity contribution in [3.05, 3.63) is 34.9 Å². The molecule has 1 aromatic rings. The van der Waals surface area contributed by atoms with Crippen molar-refractivity contribution in [2.45, 2.75) is 32.9 Å². The molecule has 16 heavy (non-hydrogen) atoms. The third-order valence-corrected chi connectivity index (χ3v) is 2.46. The van der Waals surface area contributed by atoms with Crippen LogP contribution in [0.2, 0.25) is 0 Å². The van der Waals surface area contributed by atoms with E-state index in [2.05, 4.69) is 0 Å². The molecular weight excluding hydrogens is 217 g/mol. The molecule has 0 bridgehead atoms. The predicted octanol–water partition coefficient (Wildman–Crippen LogP) is 3.83. The van der Waals surface area contributed by atoms with Crippen molar-refractivity contribution in [3.8, 4) is 0 Å². The van der Waals surface area contributed by atoms with Gasteiger partial charge in [0.2, 0.25) is 0 Å². The molecule has 1 aromatic carbocycles. The van der Waals surface area contributed by atoms with E-state index in [4.69, 9.17) is 0 Å². The number of hydrogen-bond acceptors (Lipinski definition) is 1.